The maximum Gasteiger partial charge on any atom is 0.337 e. The second-order valence-electron chi connectivity index (χ2n) is 9.56. The summed E-state index contributed by atoms with van der Waals surface area (Å²) in [7, 11) is -2.48. The number of hydrogen-bond acceptors (Lipinski definition) is 7. The molecule has 0 amide bonds. The van der Waals surface area contributed by atoms with Crippen LogP contribution in [0.4, 0.5) is 0 Å². The van der Waals surface area contributed by atoms with Crippen molar-refractivity contribution in [2.45, 2.75) is 41.8 Å². The van der Waals surface area contributed by atoms with E-state index in [-0.39, 0.29) is 21.4 Å². The van der Waals surface area contributed by atoms with Crippen LogP contribution in [0, 0.1) is 0 Å². The van der Waals surface area contributed by atoms with Crippen LogP contribution in [0.2, 0.25) is 5.15 Å². The van der Waals surface area contributed by atoms with Gasteiger partial charge in [-0.2, -0.15) is 0 Å². The number of esters is 1. The molecule has 3 aromatic carbocycles. The number of sulfone groups is 1. The molecule has 0 bridgehead atoms. The molecule has 9 heteroatoms. The summed E-state index contributed by atoms with van der Waals surface area (Å²) in [5.41, 5.74) is 3.05. The fraction of sp³-hybridized carbons (Fsp3) is 0.226. The number of carbonyl (C=O) groups is 1. The van der Waals surface area contributed by atoms with Gasteiger partial charge in [-0.25, -0.2) is 18.2 Å². The zero-order chi connectivity index (χ0) is 28.7. The maximum absolute atomic E-state index is 13.1. The summed E-state index contributed by atoms with van der Waals surface area (Å²) in [5.74, 6) is -0.527. The van der Waals surface area contributed by atoms with Crippen molar-refractivity contribution in [1.82, 2.24) is 9.88 Å². The number of ether oxygens (including phenoxy) is 1. The van der Waals surface area contributed by atoms with Crippen LogP contribution in [0.15, 0.2) is 107 Å². The molecule has 0 aliphatic rings. The third kappa shape index (κ3) is 7.34. The first-order valence-corrected chi connectivity index (χ1v) is 14.6. The number of methoxy groups -OCH3 is 1. The summed E-state index contributed by atoms with van der Waals surface area (Å²) >= 11 is 5.91. The quantitative estimate of drug-likeness (QED) is 0.185. The third-order valence-corrected chi connectivity index (χ3v) is 8.75. The molecule has 2 atom stereocenters. The van der Waals surface area contributed by atoms with E-state index in [2.05, 4.69) is 21.5 Å². The number of carbonyl (C=O) groups excluding carboxylic acids is 1. The Morgan fingerprint density at radius 3 is 2.12 bits per heavy atom. The van der Waals surface area contributed by atoms with E-state index in [1.54, 1.807) is 30.5 Å². The number of aromatic nitrogens is 1. The van der Waals surface area contributed by atoms with E-state index in [0.717, 1.165) is 11.1 Å². The number of pyridine rings is 1. The zero-order valence-corrected chi connectivity index (χ0v) is 23.8. The number of halogens is 1. The molecule has 4 rings (SSSR count). The number of aliphatic hydroxyl groups is 1. The Morgan fingerprint density at radius 2 is 1.55 bits per heavy atom. The van der Waals surface area contributed by atoms with Gasteiger partial charge in [0, 0.05) is 30.9 Å². The SMILES string of the molecule is COC(=O)c1ccc(S(=O)(=O)c2ccc(C[C@@H](C)N(Cc3ccccc3)C[C@@H](O)c3ccc(Cl)nc3)cc2)cc1. The number of aliphatic hydroxyl groups excluding tert-OH is 1. The Labute approximate surface area is 239 Å². The summed E-state index contributed by atoms with van der Waals surface area (Å²) in [6, 6.07) is 26.0. The Hall–Kier alpha value is -3.56. The molecular weight excluding hydrogens is 548 g/mol. The third-order valence-electron chi connectivity index (χ3n) is 6.74. The number of nitrogens with zero attached hydrogens (tertiary/aromatic N) is 2. The predicted molar refractivity (Wildman–Crippen MR) is 154 cm³/mol. The van der Waals surface area contributed by atoms with Gasteiger partial charge in [-0.1, -0.05) is 60.1 Å². The van der Waals surface area contributed by atoms with Crippen LogP contribution in [-0.4, -0.2) is 49.1 Å². The highest BCUT2D eigenvalue weighted by molar-refractivity contribution is 7.91. The van der Waals surface area contributed by atoms with E-state index in [1.165, 1.54) is 31.4 Å². The summed E-state index contributed by atoms with van der Waals surface area (Å²) in [4.78, 5) is 18.2. The summed E-state index contributed by atoms with van der Waals surface area (Å²) in [5, 5.41) is 11.3. The average Bonchev–Trinajstić information content (AvgIpc) is 2.97. The van der Waals surface area contributed by atoms with Gasteiger partial charge in [0.05, 0.1) is 28.6 Å². The summed E-state index contributed by atoms with van der Waals surface area (Å²) in [6.07, 6.45) is 1.47. The molecule has 4 aromatic rings. The van der Waals surface area contributed by atoms with Crippen molar-refractivity contribution >= 4 is 27.4 Å². The van der Waals surface area contributed by atoms with Crippen LogP contribution in [0.3, 0.4) is 0 Å². The second kappa shape index (κ2) is 13.2. The van der Waals surface area contributed by atoms with E-state index in [9.17, 15) is 18.3 Å². The Kier molecular flexibility index (Phi) is 9.71. The van der Waals surface area contributed by atoms with Gasteiger partial charge in [0.1, 0.15) is 5.15 Å². The van der Waals surface area contributed by atoms with Crippen molar-refractivity contribution in [3.63, 3.8) is 0 Å². The molecule has 0 saturated heterocycles. The van der Waals surface area contributed by atoms with Crippen LogP contribution in [0.25, 0.3) is 0 Å². The van der Waals surface area contributed by atoms with Crippen molar-refractivity contribution in [1.29, 1.82) is 0 Å². The number of hydrogen-bond donors (Lipinski definition) is 1. The van der Waals surface area contributed by atoms with Crippen LogP contribution < -0.4 is 0 Å². The average molecular weight is 579 g/mol. The normalized spacial score (nSPS) is 13.1. The van der Waals surface area contributed by atoms with Crippen molar-refractivity contribution in [3.05, 3.63) is 125 Å². The van der Waals surface area contributed by atoms with Crippen LogP contribution >= 0.6 is 11.6 Å². The number of rotatable bonds is 11. The standard InChI is InChI=1S/C31H31ClN2O5S/c1-22(34(20-24-6-4-3-5-7-24)21-29(35)26-12-17-30(32)33-19-26)18-23-8-13-27(14-9-23)40(37,38)28-15-10-25(11-16-28)31(36)39-2/h3-17,19,22,29,35H,18,20-21H2,1-2H3/t22-,29-/m1/s1. The van der Waals surface area contributed by atoms with E-state index in [0.29, 0.717) is 30.2 Å². The Morgan fingerprint density at radius 1 is 0.925 bits per heavy atom. The minimum absolute atomic E-state index is 0.0310. The van der Waals surface area contributed by atoms with Gasteiger partial charge < -0.3 is 9.84 Å². The fourth-order valence-corrected chi connectivity index (χ4v) is 5.80. The molecular formula is C31H31ClN2O5S. The van der Waals surface area contributed by atoms with Crippen LogP contribution in [0.5, 0.6) is 0 Å². The lowest BCUT2D eigenvalue weighted by Gasteiger charge is -2.31. The highest BCUT2D eigenvalue weighted by atomic mass is 35.5. The minimum Gasteiger partial charge on any atom is -0.465 e. The highest BCUT2D eigenvalue weighted by Crippen LogP contribution is 2.24. The van der Waals surface area contributed by atoms with Crippen molar-refractivity contribution in [3.8, 4) is 0 Å². The zero-order valence-electron chi connectivity index (χ0n) is 22.3. The molecule has 40 heavy (non-hydrogen) atoms. The van der Waals surface area contributed by atoms with Gasteiger partial charge in [-0.05, 0) is 66.9 Å². The van der Waals surface area contributed by atoms with E-state index in [1.807, 2.05) is 42.5 Å². The smallest absolute Gasteiger partial charge is 0.337 e. The largest absolute Gasteiger partial charge is 0.465 e. The molecule has 0 saturated carbocycles. The molecule has 208 valence electrons. The Balaban J connectivity index is 1.49. The monoisotopic (exact) mass is 578 g/mol. The fourth-order valence-electron chi connectivity index (χ4n) is 4.43. The van der Waals surface area contributed by atoms with Gasteiger partial charge in [0.2, 0.25) is 9.84 Å². The Bertz CT molecular complexity index is 1510. The molecule has 0 fully saturated rings. The lowest BCUT2D eigenvalue weighted by molar-refractivity contribution is 0.0600. The van der Waals surface area contributed by atoms with Gasteiger partial charge in [0.25, 0.3) is 0 Å². The molecule has 1 N–H and O–H groups in total. The van der Waals surface area contributed by atoms with Crippen molar-refractivity contribution in [2.75, 3.05) is 13.7 Å². The molecule has 0 unspecified atom stereocenters. The molecule has 7 nitrogen and oxygen atoms in total. The maximum atomic E-state index is 13.1. The van der Waals surface area contributed by atoms with Crippen molar-refractivity contribution in [2.24, 2.45) is 0 Å². The minimum atomic E-state index is -3.75. The van der Waals surface area contributed by atoms with Crippen molar-refractivity contribution < 1.29 is 23.1 Å². The number of benzene rings is 3. The topological polar surface area (TPSA) is 96.8 Å². The predicted octanol–water partition coefficient (Wildman–Crippen LogP) is 5.52. The molecule has 0 radical (unpaired) electrons. The van der Waals surface area contributed by atoms with Gasteiger partial charge in [-0.3, -0.25) is 4.90 Å². The molecule has 1 heterocycles. The first-order chi connectivity index (χ1) is 19.2. The molecule has 0 aliphatic heterocycles. The van der Waals surface area contributed by atoms with E-state index < -0.39 is 21.9 Å². The van der Waals surface area contributed by atoms with Gasteiger partial charge in [0.15, 0.2) is 0 Å². The lowest BCUT2D eigenvalue weighted by atomic mass is 10.0. The van der Waals surface area contributed by atoms with Gasteiger partial charge >= 0.3 is 5.97 Å². The summed E-state index contributed by atoms with van der Waals surface area (Å²) in [6.45, 7) is 3.10. The second-order valence-corrected chi connectivity index (χ2v) is 11.9. The highest BCUT2D eigenvalue weighted by Gasteiger charge is 2.22. The molecule has 0 aliphatic carbocycles. The van der Waals surface area contributed by atoms with Gasteiger partial charge in [-0.15, -0.1) is 0 Å². The summed E-state index contributed by atoms with van der Waals surface area (Å²) < 4.78 is 31.0. The van der Waals surface area contributed by atoms with E-state index in [4.69, 9.17) is 11.6 Å². The lowest BCUT2D eigenvalue weighted by Crippen LogP contribution is -2.37. The van der Waals surface area contributed by atoms with Crippen LogP contribution in [0.1, 0.15) is 40.1 Å². The van der Waals surface area contributed by atoms with E-state index >= 15 is 0 Å². The molecule has 1 aromatic heterocycles. The van der Waals surface area contributed by atoms with Crippen LogP contribution in [-0.2, 0) is 27.5 Å². The first-order valence-electron chi connectivity index (χ1n) is 12.8. The first kappa shape index (κ1) is 29.4. The molecule has 0 spiro atoms.